The number of nitro benzene ring substituents is 2. The number of hydrogen-bond donors (Lipinski definition) is 1. The summed E-state index contributed by atoms with van der Waals surface area (Å²) < 4.78 is 5.69. The normalized spacial score (nSPS) is 10.7. The molecule has 4 rings (SSSR count). The number of nitrogens with one attached hydrogen (secondary N) is 1. The molecule has 1 amide bonds. The molecule has 0 atom stereocenters. The largest absolute Gasteiger partial charge is 0.436 e. The molecule has 4 aromatic rings. The Hall–Kier alpha value is -4.60. The summed E-state index contributed by atoms with van der Waals surface area (Å²) in [6.07, 6.45) is 0. The quantitative estimate of drug-likeness (QED) is 0.379. The van der Waals surface area contributed by atoms with Crippen molar-refractivity contribution in [2.24, 2.45) is 0 Å². The van der Waals surface area contributed by atoms with Crippen molar-refractivity contribution in [2.45, 2.75) is 0 Å². The molecule has 0 radical (unpaired) electrons. The van der Waals surface area contributed by atoms with Gasteiger partial charge in [0, 0.05) is 23.4 Å². The first-order chi connectivity index (χ1) is 14.4. The maximum absolute atomic E-state index is 12.4. The average Bonchev–Trinajstić information content (AvgIpc) is 3.18. The molecule has 0 saturated heterocycles. The van der Waals surface area contributed by atoms with Gasteiger partial charge in [-0.3, -0.25) is 25.0 Å². The van der Waals surface area contributed by atoms with E-state index in [9.17, 15) is 25.0 Å². The number of amides is 1. The van der Waals surface area contributed by atoms with Gasteiger partial charge in [0.05, 0.1) is 21.5 Å². The van der Waals surface area contributed by atoms with E-state index in [1.54, 1.807) is 30.3 Å². The molecule has 148 valence electrons. The number of fused-ring (bicyclic) bond motifs is 1. The summed E-state index contributed by atoms with van der Waals surface area (Å²) in [6.45, 7) is 0. The third kappa shape index (κ3) is 3.69. The van der Waals surface area contributed by atoms with Gasteiger partial charge in [-0.05, 0) is 36.4 Å². The number of carbonyl (C=O) groups excluding carboxylic acids is 1. The van der Waals surface area contributed by atoms with Crippen LogP contribution in [0.2, 0.25) is 0 Å². The number of rotatable bonds is 5. The number of benzene rings is 3. The van der Waals surface area contributed by atoms with Gasteiger partial charge in [-0.2, -0.15) is 0 Å². The minimum Gasteiger partial charge on any atom is -0.436 e. The van der Waals surface area contributed by atoms with E-state index < -0.39 is 27.1 Å². The lowest BCUT2D eigenvalue weighted by Crippen LogP contribution is -2.12. The Morgan fingerprint density at radius 2 is 1.53 bits per heavy atom. The van der Waals surface area contributed by atoms with Gasteiger partial charge in [0.15, 0.2) is 5.58 Å². The Kier molecular flexibility index (Phi) is 4.64. The van der Waals surface area contributed by atoms with Crippen molar-refractivity contribution in [3.8, 4) is 11.5 Å². The van der Waals surface area contributed by atoms with Crippen LogP contribution < -0.4 is 5.32 Å². The van der Waals surface area contributed by atoms with Crippen LogP contribution in [0.3, 0.4) is 0 Å². The van der Waals surface area contributed by atoms with Gasteiger partial charge < -0.3 is 9.73 Å². The summed E-state index contributed by atoms with van der Waals surface area (Å²) in [4.78, 5) is 37.2. The average molecular weight is 404 g/mol. The number of para-hydroxylation sites is 2. The van der Waals surface area contributed by atoms with Crippen molar-refractivity contribution < 1.29 is 19.1 Å². The second-order valence-electron chi connectivity index (χ2n) is 6.27. The zero-order valence-corrected chi connectivity index (χ0v) is 15.1. The van der Waals surface area contributed by atoms with Crippen molar-refractivity contribution in [2.75, 3.05) is 5.32 Å². The van der Waals surface area contributed by atoms with Crippen LogP contribution >= 0.6 is 0 Å². The number of nitro groups is 2. The number of anilines is 1. The van der Waals surface area contributed by atoms with Crippen LogP contribution in [-0.2, 0) is 0 Å². The molecule has 0 spiro atoms. The van der Waals surface area contributed by atoms with Gasteiger partial charge in [0.25, 0.3) is 17.3 Å². The fourth-order valence-corrected chi connectivity index (χ4v) is 2.83. The Morgan fingerprint density at radius 3 is 2.13 bits per heavy atom. The Bertz CT molecular complexity index is 1230. The molecule has 0 aliphatic rings. The first kappa shape index (κ1) is 18.7. The van der Waals surface area contributed by atoms with Crippen molar-refractivity contribution >= 4 is 34.1 Å². The lowest BCUT2D eigenvalue weighted by atomic mass is 10.1. The van der Waals surface area contributed by atoms with Gasteiger partial charge >= 0.3 is 0 Å². The van der Waals surface area contributed by atoms with E-state index >= 15 is 0 Å². The molecule has 0 aliphatic carbocycles. The molecule has 1 heterocycles. The molecule has 0 bridgehead atoms. The molecular weight excluding hydrogens is 392 g/mol. The zero-order chi connectivity index (χ0) is 21.3. The highest BCUT2D eigenvalue weighted by atomic mass is 16.6. The summed E-state index contributed by atoms with van der Waals surface area (Å²) in [5.74, 6) is -0.292. The van der Waals surface area contributed by atoms with Crippen molar-refractivity contribution in [3.63, 3.8) is 0 Å². The highest BCUT2D eigenvalue weighted by molar-refractivity contribution is 6.05. The van der Waals surface area contributed by atoms with E-state index in [-0.39, 0.29) is 5.56 Å². The van der Waals surface area contributed by atoms with Gasteiger partial charge in [-0.25, -0.2) is 4.98 Å². The highest BCUT2D eigenvalue weighted by Gasteiger charge is 2.20. The molecule has 30 heavy (non-hydrogen) atoms. The minimum atomic E-state index is -0.793. The third-order valence-corrected chi connectivity index (χ3v) is 4.27. The van der Waals surface area contributed by atoms with Crippen LogP contribution in [0.1, 0.15) is 10.4 Å². The van der Waals surface area contributed by atoms with E-state index in [0.717, 1.165) is 23.7 Å². The summed E-state index contributed by atoms with van der Waals surface area (Å²) in [7, 11) is 0. The van der Waals surface area contributed by atoms with Gasteiger partial charge in [-0.15, -0.1) is 0 Å². The van der Waals surface area contributed by atoms with Crippen LogP contribution in [0.15, 0.2) is 71.1 Å². The number of non-ortho nitro benzene ring substituents is 2. The summed E-state index contributed by atoms with van der Waals surface area (Å²) in [6, 6.07) is 16.7. The van der Waals surface area contributed by atoms with E-state index in [1.165, 1.54) is 0 Å². The predicted octanol–water partition coefficient (Wildman–Crippen LogP) is 4.56. The van der Waals surface area contributed by atoms with Crippen LogP contribution in [0, 0.1) is 20.2 Å². The molecular formula is C20H12N4O6. The zero-order valence-electron chi connectivity index (χ0n) is 15.1. The van der Waals surface area contributed by atoms with Gasteiger partial charge in [0.1, 0.15) is 5.52 Å². The summed E-state index contributed by atoms with van der Waals surface area (Å²) in [5, 5.41) is 24.5. The first-order valence-electron chi connectivity index (χ1n) is 8.62. The van der Waals surface area contributed by atoms with Crippen molar-refractivity contribution in [1.29, 1.82) is 0 Å². The van der Waals surface area contributed by atoms with Crippen molar-refractivity contribution in [3.05, 3.63) is 92.5 Å². The highest BCUT2D eigenvalue weighted by Crippen LogP contribution is 2.26. The van der Waals surface area contributed by atoms with Crippen LogP contribution in [-0.4, -0.2) is 20.7 Å². The third-order valence-electron chi connectivity index (χ3n) is 4.27. The predicted molar refractivity (Wildman–Crippen MR) is 107 cm³/mol. The Morgan fingerprint density at radius 1 is 0.900 bits per heavy atom. The topological polar surface area (TPSA) is 141 Å². The maximum Gasteiger partial charge on any atom is 0.277 e. The fourth-order valence-electron chi connectivity index (χ4n) is 2.83. The van der Waals surface area contributed by atoms with E-state index in [1.807, 2.05) is 18.2 Å². The number of oxazole rings is 1. The smallest absolute Gasteiger partial charge is 0.277 e. The fraction of sp³-hybridized carbons (Fsp3) is 0. The van der Waals surface area contributed by atoms with E-state index in [2.05, 4.69) is 10.3 Å². The monoisotopic (exact) mass is 404 g/mol. The van der Waals surface area contributed by atoms with Crippen LogP contribution in [0.25, 0.3) is 22.6 Å². The molecule has 1 aromatic heterocycles. The SMILES string of the molecule is O=C(Nc1ccc(-c2nc3ccccc3o2)cc1)c1cc([N+](=O)[O-])cc([N+](=O)[O-])c1. The van der Waals surface area contributed by atoms with Crippen LogP contribution in [0.4, 0.5) is 17.1 Å². The Labute approximate surface area is 168 Å². The minimum absolute atomic E-state index is 0.195. The van der Waals surface area contributed by atoms with Gasteiger partial charge in [0.2, 0.25) is 5.89 Å². The molecule has 10 nitrogen and oxygen atoms in total. The van der Waals surface area contributed by atoms with Gasteiger partial charge in [-0.1, -0.05) is 12.1 Å². The lowest BCUT2D eigenvalue weighted by molar-refractivity contribution is -0.394. The standard InChI is InChI=1S/C20H12N4O6/c25-19(13-9-15(23(26)27)11-16(10-13)24(28)29)21-14-7-5-12(6-8-14)20-22-17-3-1-2-4-18(17)30-20/h1-11H,(H,21,25). The molecule has 0 aliphatic heterocycles. The van der Waals surface area contributed by atoms with E-state index in [4.69, 9.17) is 4.42 Å². The molecule has 3 aromatic carbocycles. The lowest BCUT2D eigenvalue weighted by Gasteiger charge is -2.06. The first-order valence-corrected chi connectivity index (χ1v) is 8.62. The molecule has 0 unspecified atom stereocenters. The molecule has 1 N–H and O–H groups in total. The number of nitrogens with zero attached hydrogens (tertiary/aromatic N) is 3. The summed E-state index contributed by atoms with van der Waals surface area (Å²) in [5.41, 5.74) is 1.18. The molecule has 0 fully saturated rings. The number of aromatic nitrogens is 1. The molecule has 0 saturated carbocycles. The van der Waals surface area contributed by atoms with Crippen molar-refractivity contribution in [1.82, 2.24) is 4.98 Å². The Balaban J connectivity index is 1.56. The summed E-state index contributed by atoms with van der Waals surface area (Å²) >= 11 is 0. The molecule has 10 heteroatoms. The number of carbonyl (C=O) groups is 1. The second-order valence-corrected chi connectivity index (χ2v) is 6.27. The van der Waals surface area contributed by atoms with Crippen LogP contribution in [0.5, 0.6) is 0 Å². The van der Waals surface area contributed by atoms with E-state index in [0.29, 0.717) is 22.7 Å². The number of hydrogen-bond acceptors (Lipinski definition) is 7. The maximum atomic E-state index is 12.4. The second kappa shape index (κ2) is 7.43.